The van der Waals surface area contributed by atoms with Crippen LogP contribution in [0, 0.1) is 6.92 Å². The fraction of sp³-hybridized carbons (Fsp3) is 0.343. The van der Waals surface area contributed by atoms with Gasteiger partial charge in [-0.1, -0.05) is 18.2 Å². The maximum atomic E-state index is 13.1. The van der Waals surface area contributed by atoms with Gasteiger partial charge in [0, 0.05) is 73.8 Å². The summed E-state index contributed by atoms with van der Waals surface area (Å²) in [4.78, 5) is 42.8. The molecule has 0 unspecified atom stereocenters. The average molecular weight is 638 g/mol. The Hall–Kier alpha value is -4.91. The van der Waals surface area contributed by atoms with E-state index < -0.39 is 0 Å². The van der Waals surface area contributed by atoms with E-state index in [0.717, 1.165) is 60.8 Å². The summed E-state index contributed by atoms with van der Waals surface area (Å²) in [6, 6.07) is 19.1. The molecular formula is C35H41N8O4+. The van der Waals surface area contributed by atoms with E-state index in [1.165, 1.54) is 0 Å². The summed E-state index contributed by atoms with van der Waals surface area (Å²) < 4.78 is 11.7. The number of anilines is 3. The zero-order chi connectivity index (χ0) is 32.6. The van der Waals surface area contributed by atoms with Crippen molar-refractivity contribution in [3.8, 4) is 11.3 Å². The first-order valence-corrected chi connectivity index (χ1v) is 15.9. The number of carbonyl (C=O) groups is 2. The average Bonchev–Trinajstić information content (AvgIpc) is 3.11. The molecule has 244 valence electrons. The number of likely N-dealkylation sites (N-methyl/N-ethyl adjacent to an activating group) is 1. The van der Waals surface area contributed by atoms with Crippen molar-refractivity contribution in [3.63, 3.8) is 0 Å². The number of ether oxygens (including phenoxy) is 2. The van der Waals surface area contributed by atoms with Crippen LogP contribution in [0.1, 0.15) is 21.5 Å². The lowest BCUT2D eigenvalue weighted by Gasteiger charge is -2.41. The summed E-state index contributed by atoms with van der Waals surface area (Å²) in [7, 11) is 2.14. The molecule has 2 saturated heterocycles. The van der Waals surface area contributed by atoms with Crippen LogP contribution in [0.15, 0.2) is 79.3 Å². The quantitative estimate of drug-likeness (QED) is 0.255. The zero-order valence-electron chi connectivity index (χ0n) is 26.9. The van der Waals surface area contributed by atoms with E-state index in [1.807, 2.05) is 67.6 Å². The van der Waals surface area contributed by atoms with E-state index >= 15 is 0 Å². The predicted octanol–water partition coefficient (Wildman–Crippen LogP) is 4.53. The molecule has 0 radical (unpaired) electrons. The number of rotatable bonds is 9. The third kappa shape index (κ3) is 8.47. The summed E-state index contributed by atoms with van der Waals surface area (Å²) in [6.07, 6.45) is 4.94. The Morgan fingerprint density at radius 2 is 1.77 bits per heavy atom. The molecule has 12 nitrogen and oxygen atoms in total. The summed E-state index contributed by atoms with van der Waals surface area (Å²) in [5.74, 6) is 0.275. The first-order chi connectivity index (χ1) is 22.8. The van der Waals surface area contributed by atoms with Gasteiger partial charge in [0.15, 0.2) is 0 Å². The van der Waals surface area contributed by atoms with Crippen molar-refractivity contribution >= 4 is 29.3 Å². The van der Waals surface area contributed by atoms with Gasteiger partial charge in [0.2, 0.25) is 12.7 Å². The van der Waals surface area contributed by atoms with Gasteiger partial charge in [-0.15, -0.1) is 0 Å². The molecule has 0 bridgehead atoms. The second kappa shape index (κ2) is 14.7. The summed E-state index contributed by atoms with van der Waals surface area (Å²) in [5, 5.41) is 6.30. The van der Waals surface area contributed by atoms with Crippen LogP contribution in [0.2, 0.25) is 0 Å². The Bertz CT molecular complexity index is 1670. The second-order valence-electron chi connectivity index (χ2n) is 12.3. The Kier molecular flexibility index (Phi) is 10.0. The van der Waals surface area contributed by atoms with Crippen molar-refractivity contribution in [2.24, 2.45) is 0 Å². The van der Waals surface area contributed by atoms with Gasteiger partial charge in [0.1, 0.15) is 0 Å². The Morgan fingerprint density at radius 3 is 2.51 bits per heavy atom. The Labute approximate surface area is 274 Å². The molecule has 2 aliphatic rings. The molecule has 0 aliphatic carbocycles. The van der Waals surface area contributed by atoms with E-state index in [4.69, 9.17) is 9.47 Å². The van der Waals surface area contributed by atoms with Crippen molar-refractivity contribution in [2.75, 3.05) is 76.9 Å². The largest absolute Gasteiger partial charge is 0.414 e. The number of amides is 2. The van der Waals surface area contributed by atoms with Gasteiger partial charge in [-0.25, -0.2) is 14.8 Å². The molecule has 2 aliphatic heterocycles. The third-order valence-corrected chi connectivity index (χ3v) is 8.66. The number of hydrogen-bond acceptors (Lipinski definition) is 9. The van der Waals surface area contributed by atoms with Gasteiger partial charge >= 0.3 is 6.09 Å². The standard InChI is InChI=1S/C35H40N8O4/c1-26-5-10-30(22-32(26)40-34-37-13-11-31(39-34)29-4-3-12-36-23-29)38-33(44)28-8-6-27(7-9-28)24-41-14-18-43(2,19-15-41)25-47-35(45)42-16-20-46-21-17-42/h3-13,22-23H,14-21,24-25H2,1-2H3,(H-,37,38,39,40,44)/p+1. The minimum atomic E-state index is -0.253. The Balaban J connectivity index is 0.992. The van der Waals surface area contributed by atoms with E-state index in [1.54, 1.807) is 23.5 Å². The lowest BCUT2D eigenvalue weighted by molar-refractivity contribution is -0.929. The maximum absolute atomic E-state index is 13.1. The van der Waals surface area contributed by atoms with E-state index in [-0.39, 0.29) is 12.0 Å². The van der Waals surface area contributed by atoms with Crippen LogP contribution >= 0.6 is 0 Å². The van der Waals surface area contributed by atoms with Crippen LogP contribution in [0.3, 0.4) is 0 Å². The number of quaternary nitrogens is 1. The summed E-state index contributed by atoms with van der Waals surface area (Å²) >= 11 is 0. The van der Waals surface area contributed by atoms with E-state index in [0.29, 0.717) is 54.7 Å². The number of morpholine rings is 1. The highest BCUT2D eigenvalue weighted by atomic mass is 16.6. The minimum absolute atomic E-state index is 0.182. The Morgan fingerprint density at radius 1 is 0.979 bits per heavy atom. The number of benzene rings is 2. The van der Waals surface area contributed by atoms with Crippen LogP contribution in [-0.2, 0) is 16.0 Å². The highest BCUT2D eigenvalue weighted by Gasteiger charge is 2.31. The molecule has 0 spiro atoms. The van der Waals surface area contributed by atoms with Crippen molar-refractivity contribution in [1.29, 1.82) is 0 Å². The molecule has 4 aromatic rings. The van der Waals surface area contributed by atoms with Crippen LogP contribution < -0.4 is 10.6 Å². The molecule has 0 saturated carbocycles. The first-order valence-electron chi connectivity index (χ1n) is 15.9. The number of aromatic nitrogens is 3. The number of pyridine rings is 1. The number of nitrogens with one attached hydrogen (secondary N) is 2. The molecule has 2 amide bonds. The molecule has 4 heterocycles. The fourth-order valence-electron chi connectivity index (χ4n) is 5.60. The van der Waals surface area contributed by atoms with Gasteiger partial charge in [-0.05, 0) is 60.5 Å². The molecule has 2 aromatic heterocycles. The fourth-order valence-corrected chi connectivity index (χ4v) is 5.60. The molecule has 2 aromatic carbocycles. The van der Waals surface area contributed by atoms with Gasteiger partial charge in [0.25, 0.3) is 5.91 Å². The van der Waals surface area contributed by atoms with E-state index in [2.05, 4.69) is 37.5 Å². The number of hydrogen-bond donors (Lipinski definition) is 2. The van der Waals surface area contributed by atoms with Crippen LogP contribution in [0.4, 0.5) is 22.1 Å². The van der Waals surface area contributed by atoms with Crippen molar-refractivity contribution < 1.29 is 23.5 Å². The van der Waals surface area contributed by atoms with Gasteiger partial charge in [-0.2, -0.15) is 0 Å². The molecule has 0 atom stereocenters. The molecule has 12 heteroatoms. The van der Waals surface area contributed by atoms with Crippen LogP contribution in [0.25, 0.3) is 11.3 Å². The number of aryl methyl sites for hydroxylation is 1. The SMILES string of the molecule is Cc1ccc(NC(=O)c2ccc(CN3CC[N+](C)(COC(=O)N4CCOCC4)CC3)cc2)cc1Nc1nccc(-c2cccnc2)n1. The number of carbonyl (C=O) groups excluding carboxylic acids is 2. The van der Waals surface area contributed by atoms with Gasteiger partial charge in [-0.3, -0.25) is 19.2 Å². The van der Waals surface area contributed by atoms with Crippen molar-refractivity contribution in [2.45, 2.75) is 13.5 Å². The molecule has 47 heavy (non-hydrogen) atoms. The highest BCUT2D eigenvalue weighted by Crippen LogP contribution is 2.25. The number of nitrogens with zero attached hydrogens (tertiary/aromatic N) is 6. The molecule has 2 fully saturated rings. The minimum Gasteiger partial charge on any atom is -0.399 e. The summed E-state index contributed by atoms with van der Waals surface area (Å²) in [6.45, 7) is 9.04. The van der Waals surface area contributed by atoms with Crippen molar-refractivity contribution in [3.05, 3.63) is 95.9 Å². The third-order valence-electron chi connectivity index (χ3n) is 8.66. The van der Waals surface area contributed by atoms with Gasteiger partial charge < -0.3 is 25.0 Å². The second-order valence-corrected chi connectivity index (χ2v) is 12.3. The zero-order valence-corrected chi connectivity index (χ0v) is 26.9. The van der Waals surface area contributed by atoms with Crippen molar-refractivity contribution in [1.82, 2.24) is 24.8 Å². The normalized spacial score (nSPS) is 16.3. The lowest BCUT2D eigenvalue weighted by Crippen LogP contribution is -2.58. The predicted molar refractivity (Wildman–Crippen MR) is 179 cm³/mol. The van der Waals surface area contributed by atoms with Crippen LogP contribution in [-0.4, -0.2) is 107 Å². The first kappa shape index (κ1) is 32.0. The summed E-state index contributed by atoms with van der Waals surface area (Å²) in [5.41, 5.74) is 5.86. The molecular weight excluding hydrogens is 596 g/mol. The number of piperazine rings is 1. The van der Waals surface area contributed by atoms with Gasteiger partial charge in [0.05, 0.1) is 39.0 Å². The topological polar surface area (TPSA) is 122 Å². The lowest BCUT2D eigenvalue weighted by atomic mass is 10.1. The molecule has 2 N–H and O–H groups in total. The maximum Gasteiger partial charge on any atom is 0.414 e. The molecule has 6 rings (SSSR count). The smallest absolute Gasteiger partial charge is 0.399 e. The van der Waals surface area contributed by atoms with E-state index in [9.17, 15) is 9.59 Å². The van der Waals surface area contributed by atoms with Crippen LogP contribution in [0.5, 0.6) is 0 Å². The highest BCUT2D eigenvalue weighted by molar-refractivity contribution is 6.04. The monoisotopic (exact) mass is 637 g/mol.